The molecule has 0 bridgehead atoms. The molecule has 5 atom stereocenters. The largest absolute Gasteiger partial charge is 0.495 e. The molecule has 11 heteroatoms. The van der Waals surface area contributed by atoms with Crippen LogP contribution in [-0.2, 0) is 25.5 Å². The SMILES string of the molecule is C=CCCCCN(C)C(=O)[C@@H]1C[C@H](Cc2cc(-c3nc(C(C)C)cs3)nc3c(Cl)c(OC)ccc23)C[C@H]1C(=O)N[C@]1(C(=O)OCC)C[C@H]1C=C. The van der Waals surface area contributed by atoms with Gasteiger partial charge in [-0.25, -0.2) is 14.8 Å². The number of unbranched alkanes of at least 4 members (excludes halogenated alkanes) is 2. The Bertz CT molecular complexity index is 1760. The predicted molar refractivity (Wildman–Crippen MR) is 199 cm³/mol. The molecule has 1 aromatic carbocycles. The number of thiazole rings is 1. The number of amides is 2. The van der Waals surface area contributed by atoms with Crippen molar-refractivity contribution in [3.8, 4) is 16.5 Å². The van der Waals surface area contributed by atoms with Crippen LogP contribution in [0.3, 0.4) is 0 Å². The third kappa shape index (κ3) is 7.76. The number of nitrogens with zero attached hydrogens (tertiary/aromatic N) is 3. The lowest BCUT2D eigenvalue weighted by Crippen LogP contribution is -2.50. The molecule has 2 saturated carbocycles. The average molecular weight is 721 g/mol. The maximum Gasteiger partial charge on any atom is 0.332 e. The monoisotopic (exact) mass is 720 g/mol. The standard InChI is InChI=1S/C39H49ClN4O5S/c1-8-11-12-13-16-44(6)37(46)29-19-24(18-28(29)35(45)43-39(21-26(39)9-2)38(47)49-10-3)17-25-20-30(36-42-31(22-50-36)23(4)5)41-34-27(25)14-15-32(48-7)33(34)40/h8-9,14-15,20,22-24,26,28-29H,1-2,10-13,16-19,21H2,3-7H3,(H,43,45)/t24-,26-,28-,29-,39-/m1/s1. The summed E-state index contributed by atoms with van der Waals surface area (Å²) in [5.74, 6) is -1.34. The van der Waals surface area contributed by atoms with Crippen molar-refractivity contribution in [2.24, 2.45) is 23.7 Å². The summed E-state index contributed by atoms with van der Waals surface area (Å²) < 4.78 is 10.9. The predicted octanol–water partition coefficient (Wildman–Crippen LogP) is 7.77. The third-order valence-corrected chi connectivity index (χ3v) is 11.4. The van der Waals surface area contributed by atoms with E-state index in [1.807, 2.05) is 25.3 Å². The number of allylic oxidation sites excluding steroid dienone is 1. The van der Waals surface area contributed by atoms with E-state index in [-0.39, 0.29) is 36.2 Å². The number of pyridine rings is 1. The Morgan fingerprint density at radius 3 is 2.58 bits per heavy atom. The highest BCUT2D eigenvalue weighted by Crippen LogP contribution is 2.47. The number of carbonyl (C=O) groups is 3. The van der Waals surface area contributed by atoms with Crippen LogP contribution in [0.15, 0.2) is 48.9 Å². The number of rotatable bonds is 16. The first-order chi connectivity index (χ1) is 24.0. The van der Waals surface area contributed by atoms with E-state index >= 15 is 0 Å². The Balaban J connectivity index is 1.47. The number of halogens is 1. The Labute approximate surface area is 304 Å². The van der Waals surface area contributed by atoms with Gasteiger partial charge in [0.25, 0.3) is 0 Å². The molecule has 2 fully saturated rings. The van der Waals surface area contributed by atoms with E-state index < -0.39 is 23.3 Å². The molecular formula is C39H49ClN4O5S. The van der Waals surface area contributed by atoms with Gasteiger partial charge in [-0.05, 0) is 87.5 Å². The molecule has 0 spiro atoms. The number of hydrogen-bond acceptors (Lipinski definition) is 8. The molecule has 2 amide bonds. The molecule has 2 aromatic heterocycles. The summed E-state index contributed by atoms with van der Waals surface area (Å²) >= 11 is 8.40. The lowest BCUT2D eigenvalue weighted by Gasteiger charge is -2.26. The molecule has 0 unspecified atom stereocenters. The second kappa shape index (κ2) is 16.1. The van der Waals surface area contributed by atoms with E-state index in [1.54, 1.807) is 36.3 Å². The first kappa shape index (κ1) is 37.5. The second-order valence-electron chi connectivity index (χ2n) is 13.9. The maximum atomic E-state index is 14.1. The fourth-order valence-electron chi connectivity index (χ4n) is 7.20. The van der Waals surface area contributed by atoms with Crippen molar-refractivity contribution >= 4 is 51.6 Å². The van der Waals surface area contributed by atoms with Crippen LogP contribution in [0.4, 0.5) is 0 Å². The van der Waals surface area contributed by atoms with Gasteiger partial charge in [0.1, 0.15) is 21.3 Å². The van der Waals surface area contributed by atoms with E-state index in [0.717, 1.165) is 46.6 Å². The highest BCUT2D eigenvalue weighted by Gasteiger charge is 2.62. The van der Waals surface area contributed by atoms with Crippen LogP contribution in [0, 0.1) is 23.7 Å². The minimum absolute atomic E-state index is 0.00339. The normalized spacial score (nSPS) is 22.7. The van der Waals surface area contributed by atoms with Crippen LogP contribution in [0.25, 0.3) is 21.6 Å². The molecule has 1 N–H and O–H groups in total. The highest BCUT2D eigenvalue weighted by molar-refractivity contribution is 7.13. The molecule has 2 aliphatic rings. The number of hydrogen-bond donors (Lipinski definition) is 1. The lowest BCUT2D eigenvalue weighted by atomic mass is 9.93. The summed E-state index contributed by atoms with van der Waals surface area (Å²) in [6.45, 7) is 14.4. The molecule has 268 valence electrons. The van der Waals surface area contributed by atoms with Crippen molar-refractivity contribution in [3.05, 3.63) is 65.2 Å². The highest BCUT2D eigenvalue weighted by atomic mass is 35.5. The lowest BCUT2D eigenvalue weighted by molar-refractivity contribution is -0.150. The summed E-state index contributed by atoms with van der Waals surface area (Å²) in [5.41, 5.74) is 2.23. The van der Waals surface area contributed by atoms with E-state index in [0.29, 0.717) is 48.5 Å². The Kier molecular flexibility index (Phi) is 12.0. The van der Waals surface area contributed by atoms with Gasteiger partial charge in [-0.2, -0.15) is 0 Å². The van der Waals surface area contributed by atoms with Crippen LogP contribution in [0.1, 0.15) is 76.5 Å². The van der Waals surface area contributed by atoms with Gasteiger partial charge in [-0.1, -0.05) is 37.6 Å². The molecule has 2 heterocycles. The van der Waals surface area contributed by atoms with Gasteiger partial charge in [0.2, 0.25) is 11.8 Å². The zero-order valence-electron chi connectivity index (χ0n) is 29.8. The Morgan fingerprint density at radius 1 is 1.18 bits per heavy atom. The molecule has 5 rings (SSSR count). The van der Waals surface area contributed by atoms with Gasteiger partial charge >= 0.3 is 5.97 Å². The fraction of sp³-hybridized carbons (Fsp3) is 0.513. The van der Waals surface area contributed by atoms with E-state index in [9.17, 15) is 14.4 Å². The maximum absolute atomic E-state index is 14.1. The molecular weight excluding hydrogens is 672 g/mol. The van der Waals surface area contributed by atoms with Crippen LogP contribution in [-0.4, -0.2) is 65.5 Å². The van der Waals surface area contributed by atoms with E-state index in [1.165, 1.54) is 0 Å². The number of esters is 1. The Morgan fingerprint density at radius 2 is 1.94 bits per heavy atom. The summed E-state index contributed by atoms with van der Waals surface area (Å²) in [6.07, 6.45) is 8.29. The number of fused-ring (bicyclic) bond motifs is 1. The molecule has 0 saturated heterocycles. The number of ether oxygens (including phenoxy) is 2. The molecule has 0 aliphatic heterocycles. The number of nitrogens with one attached hydrogen (secondary N) is 1. The second-order valence-corrected chi connectivity index (χ2v) is 15.1. The van der Waals surface area contributed by atoms with Gasteiger partial charge in [0.05, 0.1) is 30.6 Å². The van der Waals surface area contributed by atoms with Crippen molar-refractivity contribution in [2.45, 2.75) is 77.2 Å². The summed E-state index contributed by atoms with van der Waals surface area (Å²) in [6, 6.07) is 5.88. The minimum Gasteiger partial charge on any atom is -0.495 e. The zero-order chi connectivity index (χ0) is 36.2. The minimum atomic E-state index is -1.13. The van der Waals surface area contributed by atoms with Gasteiger partial charge in [-0.3, -0.25) is 9.59 Å². The summed E-state index contributed by atoms with van der Waals surface area (Å²) in [4.78, 5) is 52.8. The van der Waals surface area contributed by atoms with Crippen LogP contribution in [0.5, 0.6) is 5.75 Å². The summed E-state index contributed by atoms with van der Waals surface area (Å²) in [5, 5.41) is 7.22. The third-order valence-electron chi connectivity index (χ3n) is 10.2. The van der Waals surface area contributed by atoms with Gasteiger partial charge in [0, 0.05) is 42.1 Å². The molecule has 9 nitrogen and oxygen atoms in total. The topological polar surface area (TPSA) is 111 Å². The van der Waals surface area contributed by atoms with Crippen LogP contribution < -0.4 is 10.1 Å². The van der Waals surface area contributed by atoms with Gasteiger partial charge < -0.3 is 19.7 Å². The fourth-order valence-corrected chi connectivity index (χ4v) is 8.43. The van der Waals surface area contributed by atoms with Crippen molar-refractivity contribution in [2.75, 3.05) is 27.3 Å². The average Bonchev–Trinajstić information content (AvgIpc) is 3.39. The van der Waals surface area contributed by atoms with Crippen LogP contribution in [0.2, 0.25) is 5.02 Å². The number of carbonyl (C=O) groups excluding carboxylic acids is 3. The summed E-state index contributed by atoms with van der Waals surface area (Å²) in [7, 11) is 3.39. The number of aromatic nitrogens is 2. The van der Waals surface area contributed by atoms with Crippen molar-refractivity contribution in [3.63, 3.8) is 0 Å². The zero-order valence-corrected chi connectivity index (χ0v) is 31.4. The molecule has 50 heavy (non-hydrogen) atoms. The van der Waals surface area contributed by atoms with E-state index in [4.69, 9.17) is 31.0 Å². The molecule has 3 aromatic rings. The van der Waals surface area contributed by atoms with Crippen molar-refractivity contribution < 1.29 is 23.9 Å². The van der Waals surface area contributed by atoms with Crippen molar-refractivity contribution in [1.29, 1.82) is 0 Å². The Hall–Kier alpha value is -3.76. The molecule has 0 radical (unpaired) electrons. The molecule has 2 aliphatic carbocycles. The van der Waals surface area contributed by atoms with Crippen molar-refractivity contribution in [1.82, 2.24) is 20.2 Å². The van der Waals surface area contributed by atoms with Crippen LogP contribution >= 0.6 is 22.9 Å². The van der Waals surface area contributed by atoms with E-state index in [2.05, 4.69) is 43.8 Å². The quantitative estimate of drug-likeness (QED) is 0.0915. The van der Waals surface area contributed by atoms with Gasteiger partial charge in [-0.15, -0.1) is 24.5 Å². The first-order valence-electron chi connectivity index (χ1n) is 17.6. The smallest absolute Gasteiger partial charge is 0.332 e. The van der Waals surface area contributed by atoms with Gasteiger partial charge in [0.15, 0.2) is 0 Å². The number of benzene rings is 1. The number of methoxy groups -OCH3 is 1. The first-order valence-corrected chi connectivity index (χ1v) is 18.8.